The summed E-state index contributed by atoms with van der Waals surface area (Å²) in [6.07, 6.45) is -9.63. The largest absolute Gasteiger partial charge is 0.573 e. The van der Waals surface area contributed by atoms with Gasteiger partial charge in [0.05, 0.1) is 11.6 Å². The Morgan fingerprint density at radius 3 is 2.13 bits per heavy atom. The zero-order chi connectivity index (χ0) is 22.1. The van der Waals surface area contributed by atoms with E-state index in [4.69, 9.17) is 0 Å². The molecule has 164 valence electrons. The second-order valence-corrected chi connectivity index (χ2v) is 7.61. The number of rotatable bonds is 4. The van der Waals surface area contributed by atoms with Gasteiger partial charge in [-0.3, -0.25) is 4.90 Å². The van der Waals surface area contributed by atoms with Crippen LogP contribution in [0.2, 0.25) is 0 Å². The summed E-state index contributed by atoms with van der Waals surface area (Å²) in [6, 6.07) is 6.26. The molecule has 0 spiro atoms. The highest BCUT2D eigenvalue weighted by molar-refractivity contribution is 9.10. The number of aromatic hydroxyl groups is 1. The van der Waals surface area contributed by atoms with Gasteiger partial charge in [0.2, 0.25) is 0 Å². The molecule has 2 aromatic carbocycles. The number of nitrogens with zero attached hydrogens (tertiary/aromatic N) is 1. The first kappa shape index (κ1) is 22.7. The molecule has 0 radical (unpaired) electrons. The minimum Gasteiger partial charge on any atom is -0.507 e. The van der Waals surface area contributed by atoms with E-state index in [1.165, 1.54) is 18.2 Å². The van der Waals surface area contributed by atoms with Gasteiger partial charge in [0.15, 0.2) is 0 Å². The van der Waals surface area contributed by atoms with Gasteiger partial charge in [-0.2, -0.15) is 13.2 Å². The molecule has 0 bridgehead atoms. The van der Waals surface area contributed by atoms with E-state index >= 15 is 0 Å². The van der Waals surface area contributed by atoms with Crippen LogP contribution in [0.5, 0.6) is 11.5 Å². The zero-order valence-corrected chi connectivity index (χ0v) is 16.9. The van der Waals surface area contributed by atoms with Crippen LogP contribution >= 0.6 is 15.9 Å². The van der Waals surface area contributed by atoms with Crippen molar-refractivity contribution in [2.75, 3.05) is 26.2 Å². The molecule has 0 amide bonds. The fourth-order valence-electron chi connectivity index (χ4n) is 3.42. The lowest BCUT2D eigenvalue weighted by Crippen LogP contribution is -2.45. The minimum absolute atomic E-state index is 0.00286. The molecule has 0 aromatic heterocycles. The predicted octanol–water partition coefficient (Wildman–Crippen LogP) is 5.07. The summed E-state index contributed by atoms with van der Waals surface area (Å²) < 4.78 is 81.5. The summed E-state index contributed by atoms with van der Waals surface area (Å²) in [5.41, 5.74) is -0.764. The molecule has 3 rings (SSSR count). The molecule has 2 aromatic rings. The van der Waals surface area contributed by atoms with Crippen molar-refractivity contribution >= 4 is 15.9 Å². The molecule has 30 heavy (non-hydrogen) atoms. The van der Waals surface area contributed by atoms with Crippen LogP contribution in [-0.4, -0.2) is 42.5 Å². The number of hydrogen-bond donors (Lipinski definition) is 2. The van der Waals surface area contributed by atoms with E-state index in [-0.39, 0.29) is 10.0 Å². The van der Waals surface area contributed by atoms with E-state index in [1.54, 1.807) is 0 Å². The molecular weight excluding hydrogens is 482 g/mol. The highest BCUT2D eigenvalue weighted by atomic mass is 79.9. The average molecular weight is 499 g/mol. The average Bonchev–Trinajstić information content (AvgIpc) is 2.64. The molecule has 0 unspecified atom stereocenters. The van der Waals surface area contributed by atoms with Crippen LogP contribution in [0.1, 0.15) is 22.7 Å². The van der Waals surface area contributed by atoms with Crippen molar-refractivity contribution in [2.45, 2.75) is 18.6 Å². The fourth-order valence-corrected chi connectivity index (χ4v) is 3.90. The third-order valence-electron chi connectivity index (χ3n) is 4.65. The summed E-state index contributed by atoms with van der Waals surface area (Å²) in [5, 5.41) is 13.6. The van der Waals surface area contributed by atoms with Gasteiger partial charge in [0, 0.05) is 36.2 Å². The summed E-state index contributed by atoms with van der Waals surface area (Å²) in [4.78, 5) is 1.86. The van der Waals surface area contributed by atoms with Crippen molar-refractivity contribution in [2.24, 2.45) is 0 Å². The first-order valence-corrected chi connectivity index (χ1v) is 9.65. The lowest BCUT2D eigenvalue weighted by molar-refractivity contribution is -0.274. The second-order valence-electron chi connectivity index (χ2n) is 6.69. The van der Waals surface area contributed by atoms with Gasteiger partial charge < -0.3 is 15.2 Å². The standard InChI is InChI=1S/C19H17BrF6N2O2/c20-12-9-14(17(29)15(10-12)18(21,22)23)16(28-7-5-27-6-8-28)11-1-3-13(4-2-11)30-19(24,25)26/h1-4,9-10,16,27,29H,5-8H2/t16-/m1/s1. The number of benzene rings is 2. The van der Waals surface area contributed by atoms with Gasteiger partial charge in [0.25, 0.3) is 0 Å². The van der Waals surface area contributed by atoms with Crippen LogP contribution < -0.4 is 10.1 Å². The van der Waals surface area contributed by atoms with Gasteiger partial charge in [-0.05, 0) is 29.8 Å². The molecule has 1 fully saturated rings. The van der Waals surface area contributed by atoms with E-state index in [9.17, 15) is 31.4 Å². The van der Waals surface area contributed by atoms with E-state index in [2.05, 4.69) is 26.0 Å². The minimum atomic E-state index is -4.86. The Labute approximate surface area is 176 Å². The Balaban J connectivity index is 2.08. The van der Waals surface area contributed by atoms with E-state index in [0.29, 0.717) is 31.7 Å². The van der Waals surface area contributed by atoms with E-state index < -0.39 is 35.6 Å². The molecular formula is C19H17BrF6N2O2. The normalized spacial score (nSPS) is 17.0. The Morgan fingerprint density at radius 2 is 1.60 bits per heavy atom. The first-order chi connectivity index (χ1) is 14.0. The van der Waals surface area contributed by atoms with Gasteiger partial charge in [0.1, 0.15) is 11.5 Å². The van der Waals surface area contributed by atoms with Crippen molar-refractivity contribution < 1.29 is 36.2 Å². The number of piperazine rings is 1. The highest BCUT2D eigenvalue weighted by Crippen LogP contribution is 2.44. The fraction of sp³-hybridized carbons (Fsp3) is 0.368. The first-order valence-electron chi connectivity index (χ1n) is 8.86. The number of halogens is 7. The maximum atomic E-state index is 13.4. The van der Waals surface area contributed by atoms with Gasteiger partial charge >= 0.3 is 12.5 Å². The van der Waals surface area contributed by atoms with Gasteiger partial charge in [-0.1, -0.05) is 28.1 Å². The van der Waals surface area contributed by atoms with Crippen LogP contribution in [0.3, 0.4) is 0 Å². The van der Waals surface area contributed by atoms with Gasteiger partial charge in [-0.25, -0.2) is 0 Å². The van der Waals surface area contributed by atoms with E-state index in [1.807, 2.05) is 4.90 Å². The monoisotopic (exact) mass is 498 g/mol. The molecule has 1 heterocycles. The molecule has 0 aliphatic carbocycles. The summed E-state index contributed by atoms with van der Waals surface area (Å²) in [5.74, 6) is -1.36. The van der Waals surface area contributed by atoms with Crippen LogP contribution in [0.4, 0.5) is 26.3 Å². The summed E-state index contributed by atoms with van der Waals surface area (Å²) in [6.45, 7) is 2.09. The van der Waals surface area contributed by atoms with Crippen LogP contribution in [0.25, 0.3) is 0 Å². The highest BCUT2D eigenvalue weighted by Gasteiger charge is 2.38. The lowest BCUT2D eigenvalue weighted by atomic mass is 9.93. The quantitative estimate of drug-likeness (QED) is 0.578. The van der Waals surface area contributed by atoms with Crippen LogP contribution in [0, 0.1) is 0 Å². The Hall–Kier alpha value is -1.98. The Bertz CT molecular complexity index is 880. The van der Waals surface area contributed by atoms with Crippen LogP contribution in [-0.2, 0) is 6.18 Å². The molecule has 1 aliphatic heterocycles. The number of alkyl halides is 6. The molecule has 1 aliphatic rings. The van der Waals surface area contributed by atoms with Crippen molar-refractivity contribution in [3.8, 4) is 11.5 Å². The topological polar surface area (TPSA) is 44.7 Å². The number of nitrogens with one attached hydrogen (secondary N) is 1. The molecule has 11 heteroatoms. The maximum absolute atomic E-state index is 13.4. The van der Waals surface area contributed by atoms with Crippen molar-refractivity contribution in [3.05, 3.63) is 57.6 Å². The predicted molar refractivity (Wildman–Crippen MR) is 100 cm³/mol. The number of ether oxygens (including phenoxy) is 1. The third kappa shape index (κ3) is 5.38. The van der Waals surface area contributed by atoms with E-state index in [0.717, 1.165) is 18.2 Å². The molecule has 0 saturated carbocycles. The SMILES string of the molecule is Oc1c([C@@H](c2ccc(OC(F)(F)F)cc2)N2CCNCC2)cc(Br)cc1C(F)(F)F. The Kier molecular flexibility index (Phi) is 6.54. The number of hydrogen-bond acceptors (Lipinski definition) is 4. The lowest BCUT2D eigenvalue weighted by Gasteiger charge is -2.36. The summed E-state index contributed by atoms with van der Waals surface area (Å²) >= 11 is 3.06. The number of phenolic OH excluding ortho intramolecular Hbond substituents is 1. The molecule has 1 atom stereocenters. The van der Waals surface area contributed by atoms with Crippen molar-refractivity contribution in [1.82, 2.24) is 10.2 Å². The molecule has 1 saturated heterocycles. The van der Waals surface area contributed by atoms with Crippen molar-refractivity contribution in [1.29, 1.82) is 0 Å². The molecule has 2 N–H and O–H groups in total. The Morgan fingerprint density at radius 1 is 1.00 bits per heavy atom. The number of phenols is 1. The van der Waals surface area contributed by atoms with Gasteiger partial charge in [-0.15, -0.1) is 13.2 Å². The second kappa shape index (κ2) is 8.64. The van der Waals surface area contributed by atoms with Crippen LogP contribution in [0.15, 0.2) is 40.9 Å². The zero-order valence-electron chi connectivity index (χ0n) is 15.3. The van der Waals surface area contributed by atoms with Crippen molar-refractivity contribution in [3.63, 3.8) is 0 Å². The summed E-state index contributed by atoms with van der Waals surface area (Å²) in [7, 11) is 0. The third-order valence-corrected chi connectivity index (χ3v) is 5.11. The smallest absolute Gasteiger partial charge is 0.507 e. The maximum Gasteiger partial charge on any atom is 0.573 e. The molecule has 4 nitrogen and oxygen atoms in total.